The Balaban J connectivity index is 2.15. The number of aryl methyl sites for hydroxylation is 1. The first-order valence-electron chi connectivity index (χ1n) is 9.11. The number of nitrogens with zero attached hydrogens (tertiary/aromatic N) is 2. The second kappa shape index (κ2) is 8.48. The normalized spacial score (nSPS) is 11.9. The van der Waals surface area contributed by atoms with Crippen LogP contribution in [-0.2, 0) is 4.79 Å². The Morgan fingerprint density at radius 2 is 1.83 bits per heavy atom. The zero-order valence-electron chi connectivity index (χ0n) is 16.6. The second-order valence-corrected chi connectivity index (χ2v) is 7.91. The highest BCUT2D eigenvalue weighted by molar-refractivity contribution is 8.00. The Labute approximate surface area is 172 Å². The molecule has 0 aliphatic rings. The number of nitrogens with one attached hydrogen (secondary N) is 2. The van der Waals surface area contributed by atoms with Crippen LogP contribution in [0.15, 0.2) is 52.4 Å². The van der Waals surface area contributed by atoms with Gasteiger partial charge in [-0.1, -0.05) is 36.0 Å². The van der Waals surface area contributed by atoms with E-state index in [-0.39, 0.29) is 5.56 Å². The Morgan fingerprint density at radius 1 is 1.10 bits per heavy atom. The average Bonchev–Trinajstić information content (AvgIpc) is 2.70. The lowest BCUT2D eigenvalue weighted by Crippen LogP contribution is -2.41. The van der Waals surface area contributed by atoms with E-state index in [2.05, 4.69) is 15.6 Å². The number of rotatable bonds is 4. The molecule has 150 valence electrons. The van der Waals surface area contributed by atoms with Crippen LogP contribution in [0.4, 0.5) is 4.79 Å². The molecule has 3 amide bonds. The number of para-hydroxylation sites is 1. The van der Waals surface area contributed by atoms with Crippen LogP contribution < -0.4 is 16.2 Å². The highest BCUT2D eigenvalue weighted by Crippen LogP contribution is 2.27. The quantitative estimate of drug-likeness (QED) is 0.510. The number of amides is 3. The van der Waals surface area contributed by atoms with Gasteiger partial charge in [-0.05, 0) is 50.1 Å². The number of hydrogen-bond acceptors (Lipinski definition) is 5. The summed E-state index contributed by atoms with van der Waals surface area (Å²) in [5.74, 6) is -0.468. The summed E-state index contributed by atoms with van der Waals surface area (Å²) >= 11 is 1.13. The van der Waals surface area contributed by atoms with Crippen molar-refractivity contribution >= 4 is 34.6 Å². The fourth-order valence-electron chi connectivity index (χ4n) is 2.87. The van der Waals surface area contributed by atoms with E-state index >= 15 is 0 Å². The standard InChI is InChI=1S/C21H22N4O3S/c1-12-8-7-11-17(13(12)2)25-19(27)15-9-5-6-10-16(15)23-21(25)29-14(3)18(26)24-20(28)22-4/h5-11,14H,1-4H3,(H2,22,24,26,28)/t14-/m0/s1. The maximum absolute atomic E-state index is 13.3. The summed E-state index contributed by atoms with van der Waals surface area (Å²) in [6, 6.07) is 12.3. The van der Waals surface area contributed by atoms with E-state index in [1.54, 1.807) is 29.7 Å². The Kier molecular flexibility index (Phi) is 6.03. The van der Waals surface area contributed by atoms with Gasteiger partial charge in [0.15, 0.2) is 5.16 Å². The van der Waals surface area contributed by atoms with Crippen molar-refractivity contribution in [1.82, 2.24) is 20.2 Å². The van der Waals surface area contributed by atoms with Gasteiger partial charge in [-0.15, -0.1) is 0 Å². The van der Waals surface area contributed by atoms with E-state index < -0.39 is 17.2 Å². The molecule has 0 aliphatic carbocycles. The van der Waals surface area contributed by atoms with Gasteiger partial charge in [0.25, 0.3) is 5.56 Å². The predicted molar refractivity (Wildman–Crippen MR) is 115 cm³/mol. The molecule has 29 heavy (non-hydrogen) atoms. The van der Waals surface area contributed by atoms with Crippen molar-refractivity contribution < 1.29 is 9.59 Å². The van der Waals surface area contributed by atoms with E-state index in [9.17, 15) is 14.4 Å². The number of carbonyl (C=O) groups excluding carboxylic acids is 2. The second-order valence-electron chi connectivity index (χ2n) is 6.60. The minimum Gasteiger partial charge on any atom is -0.341 e. The molecule has 8 heteroatoms. The number of fused-ring (bicyclic) bond motifs is 1. The number of urea groups is 1. The van der Waals surface area contributed by atoms with E-state index in [1.165, 1.54) is 7.05 Å². The summed E-state index contributed by atoms with van der Waals surface area (Å²) in [6.45, 7) is 5.59. The molecule has 0 fully saturated rings. The van der Waals surface area contributed by atoms with Gasteiger partial charge >= 0.3 is 6.03 Å². The lowest BCUT2D eigenvalue weighted by Gasteiger charge is -2.18. The smallest absolute Gasteiger partial charge is 0.321 e. The monoisotopic (exact) mass is 410 g/mol. The number of thioether (sulfide) groups is 1. The van der Waals surface area contributed by atoms with Crippen molar-refractivity contribution in [3.63, 3.8) is 0 Å². The van der Waals surface area contributed by atoms with Gasteiger partial charge in [0.1, 0.15) is 0 Å². The zero-order valence-corrected chi connectivity index (χ0v) is 17.5. The third-order valence-electron chi connectivity index (χ3n) is 4.68. The first-order valence-corrected chi connectivity index (χ1v) is 9.99. The SMILES string of the molecule is CNC(=O)NC(=O)[C@H](C)Sc1nc2ccccc2c(=O)n1-c1cccc(C)c1C. The van der Waals surface area contributed by atoms with Gasteiger partial charge in [-0.25, -0.2) is 9.78 Å². The molecule has 1 atom stereocenters. The molecule has 0 saturated heterocycles. The van der Waals surface area contributed by atoms with Crippen molar-refractivity contribution in [1.29, 1.82) is 0 Å². The summed E-state index contributed by atoms with van der Waals surface area (Å²) in [5, 5.41) is 4.85. The molecule has 1 aromatic heterocycles. The van der Waals surface area contributed by atoms with E-state index in [0.717, 1.165) is 28.6 Å². The molecule has 1 heterocycles. The fourth-order valence-corrected chi connectivity index (χ4v) is 3.79. The minimum absolute atomic E-state index is 0.203. The van der Waals surface area contributed by atoms with Crippen LogP contribution in [0.5, 0.6) is 0 Å². The summed E-state index contributed by atoms with van der Waals surface area (Å²) in [5.41, 5.74) is 3.07. The summed E-state index contributed by atoms with van der Waals surface area (Å²) in [7, 11) is 1.43. The lowest BCUT2D eigenvalue weighted by molar-refractivity contribution is -0.119. The van der Waals surface area contributed by atoms with Crippen molar-refractivity contribution in [3.05, 3.63) is 63.9 Å². The van der Waals surface area contributed by atoms with E-state index in [1.807, 2.05) is 38.1 Å². The lowest BCUT2D eigenvalue weighted by atomic mass is 10.1. The van der Waals surface area contributed by atoms with Gasteiger partial charge in [-0.3, -0.25) is 19.5 Å². The maximum Gasteiger partial charge on any atom is 0.321 e. The van der Waals surface area contributed by atoms with Crippen LogP contribution in [0.1, 0.15) is 18.1 Å². The van der Waals surface area contributed by atoms with Gasteiger partial charge in [0.2, 0.25) is 5.91 Å². The molecular weight excluding hydrogens is 388 g/mol. The topological polar surface area (TPSA) is 93.1 Å². The molecule has 3 rings (SSSR count). The number of benzene rings is 2. The molecule has 0 unspecified atom stereocenters. The van der Waals surface area contributed by atoms with Crippen molar-refractivity contribution in [2.24, 2.45) is 0 Å². The Bertz CT molecular complexity index is 1160. The zero-order chi connectivity index (χ0) is 21.1. The Morgan fingerprint density at radius 3 is 2.55 bits per heavy atom. The number of imide groups is 1. The first-order chi connectivity index (χ1) is 13.8. The third kappa shape index (κ3) is 4.17. The van der Waals surface area contributed by atoms with Gasteiger partial charge in [0, 0.05) is 7.05 Å². The van der Waals surface area contributed by atoms with Gasteiger partial charge in [-0.2, -0.15) is 0 Å². The molecule has 3 aromatic rings. The van der Waals surface area contributed by atoms with Gasteiger partial charge < -0.3 is 5.32 Å². The maximum atomic E-state index is 13.3. The van der Waals surface area contributed by atoms with Crippen LogP contribution in [0.25, 0.3) is 16.6 Å². The first kappa shape index (κ1) is 20.6. The molecule has 0 bridgehead atoms. The van der Waals surface area contributed by atoms with Crippen molar-refractivity contribution in [2.75, 3.05) is 7.05 Å². The van der Waals surface area contributed by atoms with E-state index in [0.29, 0.717) is 16.1 Å². The fraction of sp³-hybridized carbons (Fsp3) is 0.238. The summed E-state index contributed by atoms with van der Waals surface area (Å²) < 4.78 is 1.54. The molecule has 7 nitrogen and oxygen atoms in total. The minimum atomic E-state index is -0.642. The number of hydrogen-bond donors (Lipinski definition) is 2. The molecule has 0 radical (unpaired) electrons. The average molecular weight is 410 g/mol. The van der Waals surface area contributed by atoms with Crippen LogP contribution in [0.3, 0.4) is 0 Å². The molecular formula is C21H22N4O3S. The number of carbonyl (C=O) groups is 2. The summed E-state index contributed by atoms with van der Waals surface area (Å²) in [6.07, 6.45) is 0. The summed E-state index contributed by atoms with van der Waals surface area (Å²) in [4.78, 5) is 41.8. The Hall–Kier alpha value is -3.13. The molecule has 0 saturated carbocycles. The van der Waals surface area contributed by atoms with Crippen molar-refractivity contribution in [3.8, 4) is 5.69 Å². The predicted octanol–water partition coefficient (Wildman–Crippen LogP) is 2.94. The largest absolute Gasteiger partial charge is 0.341 e. The number of aromatic nitrogens is 2. The van der Waals surface area contributed by atoms with Crippen LogP contribution in [0, 0.1) is 13.8 Å². The van der Waals surface area contributed by atoms with Crippen LogP contribution in [-0.4, -0.2) is 33.8 Å². The molecule has 0 spiro atoms. The van der Waals surface area contributed by atoms with Crippen LogP contribution in [0.2, 0.25) is 0 Å². The molecule has 2 aromatic carbocycles. The van der Waals surface area contributed by atoms with E-state index in [4.69, 9.17) is 0 Å². The third-order valence-corrected chi connectivity index (χ3v) is 5.73. The highest BCUT2D eigenvalue weighted by atomic mass is 32.2. The van der Waals surface area contributed by atoms with Crippen LogP contribution >= 0.6 is 11.8 Å². The highest BCUT2D eigenvalue weighted by Gasteiger charge is 2.22. The molecule has 0 aliphatic heterocycles. The molecule has 2 N–H and O–H groups in total. The van der Waals surface area contributed by atoms with Gasteiger partial charge in [0.05, 0.1) is 21.8 Å². The van der Waals surface area contributed by atoms with Crippen molar-refractivity contribution in [2.45, 2.75) is 31.2 Å².